The molecule has 1 rings (SSSR count). The van der Waals surface area contributed by atoms with Crippen LogP contribution in [0.4, 0.5) is 0 Å². The number of amides is 1. The number of rotatable bonds is 6. The molecule has 0 atom stereocenters. The van der Waals surface area contributed by atoms with Gasteiger partial charge in [0.1, 0.15) is 0 Å². The number of ketones is 1. The summed E-state index contributed by atoms with van der Waals surface area (Å²) >= 11 is 3.30. The molecule has 1 aromatic carbocycles. The van der Waals surface area contributed by atoms with Crippen molar-refractivity contribution in [3.63, 3.8) is 0 Å². The summed E-state index contributed by atoms with van der Waals surface area (Å²) in [5.74, 6) is -0.401. The summed E-state index contributed by atoms with van der Waals surface area (Å²) in [6.45, 7) is 2.70. The molecule has 1 aromatic rings. The van der Waals surface area contributed by atoms with Crippen molar-refractivity contribution in [3.05, 3.63) is 46.5 Å². The minimum absolute atomic E-state index is 0.173. The van der Waals surface area contributed by atoms with E-state index in [9.17, 15) is 9.59 Å². The van der Waals surface area contributed by atoms with Gasteiger partial charge >= 0.3 is 0 Å². The third-order valence-electron chi connectivity index (χ3n) is 2.34. The predicted octanol–water partition coefficient (Wildman–Crippen LogP) is 3.10. The number of benzene rings is 1. The molecule has 0 radical (unpaired) electrons. The minimum atomic E-state index is -0.228. The smallest absolute Gasteiger partial charge is 0.244 e. The number of nitrogens with one attached hydrogen (secondary N) is 1. The van der Waals surface area contributed by atoms with E-state index in [4.69, 9.17) is 0 Å². The van der Waals surface area contributed by atoms with Crippen molar-refractivity contribution in [1.82, 2.24) is 5.32 Å². The molecule has 1 amide bonds. The number of halogens is 1. The summed E-state index contributed by atoms with van der Waals surface area (Å²) in [6.07, 6.45) is 4.55. The Labute approximate surface area is 115 Å². The van der Waals surface area contributed by atoms with Crippen molar-refractivity contribution in [2.24, 2.45) is 0 Å². The Hall–Kier alpha value is -1.42. The zero-order valence-electron chi connectivity index (χ0n) is 10.3. The summed E-state index contributed by atoms with van der Waals surface area (Å²) in [6, 6.07) is 7.02. The van der Waals surface area contributed by atoms with Gasteiger partial charge in [0.05, 0.1) is 0 Å². The maximum absolute atomic E-state index is 11.7. The average Bonchev–Trinajstić information content (AvgIpc) is 2.37. The molecule has 4 heteroatoms. The lowest BCUT2D eigenvalue weighted by molar-refractivity contribution is -0.116. The normalized spacial score (nSPS) is 10.6. The molecule has 3 nitrogen and oxygen atoms in total. The average molecular weight is 310 g/mol. The van der Waals surface area contributed by atoms with Gasteiger partial charge in [0.2, 0.25) is 5.91 Å². The Morgan fingerprint density at radius 3 is 2.50 bits per heavy atom. The molecule has 96 valence electrons. The van der Waals surface area contributed by atoms with Crippen LogP contribution in [0.5, 0.6) is 0 Å². The standard InChI is InChI=1S/C14H16BrNO2/c1-2-3-10-16-14(18)9-8-13(17)11-4-6-12(15)7-5-11/h4-9H,2-3,10H2,1H3,(H,16,18)/b9-8+. The van der Waals surface area contributed by atoms with Crippen molar-refractivity contribution >= 4 is 27.6 Å². The highest BCUT2D eigenvalue weighted by Gasteiger charge is 2.02. The van der Waals surface area contributed by atoms with Crippen LogP contribution < -0.4 is 5.32 Å². The lowest BCUT2D eigenvalue weighted by Gasteiger charge is -1.99. The van der Waals surface area contributed by atoms with E-state index in [-0.39, 0.29) is 11.7 Å². The zero-order chi connectivity index (χ0) is 13.4. The molecular formula is C14H16BrNO2. The van der Waals surface area contributed by atoms with Crippen LogP contribution in [0.3, 0.4) is 0 Å². The van der Waals surface area contributed by atoms with E-state index in [1.807, 2.05) is 0 Å². The Bertz CT molecular complexity index is 438. The van der Waals surface area contributed by atoms with E-state index in [2.05, 4.69) is 28.2 Å². The molecule has 0 bridgehead atoms. The second-order valence-electron chi connectivity index (χ2n) is 3.85. The van der Waals surface area contributed by atoms with Crippen LogP contribution in [0, 0.1) is 0 Å². The second-order valence-corrected chi connectivity index (χ2v) is 4.76. The first-order valence-corrected chi connectivity index (χ1v) is 6.68. The van der Waals surface area contributed by atoms with E-state index in [0.717, 1.165) is 17.3 Å². The van der Waals surface area contributed by atoms with Crippen molar-refractivity contribution < 1.29 is 9.59 Å². The summed E-state index contributed by atoms with van der Waals surface area (Å²) in [7, 11) is 0. The monoisotopic (exact) mass is 309 g/mol. The molecule has 0 spiro atoms. The highest BCUT2D eigenvalue weighted by molar-refractivity contribution is 9.10. The minimum Gasteiger partial charge on any atom is -0.353 e. The predicted molar refractivity (Wildman–Crippen MR) is 75.5 cm³/mol. The van der Waals surface area contributed by atoms with Gasteiger partial charge in [0, 0.05) is 22.7 Å². The second kappa shape index (κ2) is 7.82. The number of allylic oxidation sites excluding steroid dienone is 1. The third-order valence-corrected chi connectivity index (χ3v) is 2.87. The molecule has 0 saturated heterocycles. The van der Waals surface area contributed by atoms with Gasteiger partial charge in [-0.3, -0.25) is 9.59 Å². The highest BCUT2D eigenvalue weighted by Crippen LogP contribution is 2.11. The van der Waals surface area contributed by atoms with E-state index in [0.29, 0.717) is 12.1 Å². The number of carbonyl (C=O) groups is 2. The maximum atomic E-state index is 11.7. The maximum Gasteiger partial charge on any atom is 0.244 e. The topological polar surface area (TPSA) is 46.2 Å². The number of unbranched alkanes of at least 4 members (excludes halogenated alkanes) is 1. The van der Waals surface area contributed by atoms with Crippen LogP contribution in [0.25, 0.3) is 0 Å². The van der Waals surface area contributed by atoms with Gasteiger partial charge in [-0.2, -0.15) is 0 Å². The summed E-state index contributed by atoms with van der Waals surface area (Å²) < 4.78 is 0.917. The van der Waals surface area contributed by atoms with Crippen molar-refractivity contribution in [2.45, 2.75) is 19.8 Å². The van der Waals surface area contributed by atoms with Crippen LogP contribution in [0.1, 0.15) is 30.1 Å². The molecule has 0 aliphatic heterocycles. The Kier molecular flexibility index (Phi) is 6.36. The van der Waals surface area contributed by atoms with E-state index in [1.54, 1.807) is 24.3 Å². The molecule has 1 N–H and O–H groups in total. The van der Waals surface area contributed by atoms with Crippen molar-refractivity contribution in [3.8, 4) is 0 Å². The fourth-order valence-electron chi connectivity index (χ4n) is 1.31. The fourth-order valence-corrected chi connectivity index (χ4v) is 1.57. The van der Waals surface area contributed by atoms with Crippen LogP contribution in [-0.4, -0.2) is 18.2 Å². The molecule has 0 aliphatic rings. The summed E-state index contributed by atoms with van der Waals surface area (Å²) in [5, 5.41) is 2.71. The van der Waals surface area contributed by atoms with E-state index >= 15 is 0 Å². The van der Waals surface area contributed by atoms with Crippen molar-refractivity contribution in [2.75, 3.05) is 6.54 Å². The summed E-state index contributed by atoms with van der Waals surface area (Å²) in [5.41, 5.74) is 0.566. The van der Waals surface area contributed by atoms with E-state index in [1.165, 1.54) is 12.2 Å². The molecule has 0 heterocycles. The SMILES string of the molecule is CCCCNC(=O)/C=C/C(=O)c1ccc(Br)cc1. The Balaban J connectivity index is 2.48. The molecule has 0 aliphatic carbocycles. The van der Waals surface area contributed by atoms with Crippen LogP contribution in [0.2, 0.25) is 0 Å². The Morgan fingerprint density at radius 1 is 1.22 bits per heavy atom. The van der Waals surface area contributed by atoms with Gasteiger partial charge in [-0.15, -0.1) is 0 Å². The number of hydrogen-bond acceptors (Lipinski definition) is 2. The lowest BCUT2D eigenvalue weighted by atomic mass is 10.1. The van der Waals surface area contributed by atoms with Gasteiger partial charge in [-0.25, -0.2) is 0 Å². The van der Waals surface area contributed by atoms with E-state index < -0.39 is 0 Å². The van der Waals surface area contributed by atoms with Gasteiger partial charge < -0.3 is 5.32 Å². The number of hydrogen-bond donors (Lipinski definition) is 1. The molecular weight excluding hydrogens is 294 g/mol. The first-order valence-electron chi connectivity index (χ1n) is 5.89. The Morgan fingerprint density at radius 2 is 1.89 bits per heavy atom. The third kappa shape index (κ3) is 5.27. The van der Waals surface area contributed by atoms with Gasteiger partial charge in [0.15, 0.2) is 5.78 Å². The molecule has 0 unspecified atom stereocenters. The number of carbonyl (C=O) groups excluding carboxylic acids is 2. The quantitative estimate of drug-likeness (QED) is 0.498. The molecule has 0 fully saturated rings. The molecule has 0 aromatic heterocycles. The molecule has 0 saturated carbocycles. The zero-order valence-corrected chi connectivity index (χ0v) is 11.9. The first kappa shape index (κ1) is 14.6. The van der Waals surface area contributed by atoms with Crippen molar-refractivity contribution in [1.29, 1.82) is 0 Å². The largest absolute Gasteiger partial charge is 0.353 e. The van der Waals surface area contributed by atoms with Crippen LogP contribution >= 0.6 is 15.9 Å². The molecule has 18 heavy (non-hydrogen) atoms. The van der Waals surface area contributed by atoms with Gasteiger partial charge in [-0.1, -0.05) is 29.3 Å². The highest BCUT2D eigenvalue weighted by atomic mass is 79.9. The van der Waals surface area contributed by atoms with Gasteiger partial charge in [-0.05, 0) is 36.8 Å². The van der Waals surface area contributed by atoms with Crippen LogP contribution in [-0.2, 0) is 4.79 Å². The van der Waals surface area contributed by atoms with Gasteiger partial charge in [0.25, 0.3) is 0 Å². The lowest BCUT2D eigenvalue weighted by Crippen LogP contribution is -2.22. The first-order chi connectivity index (χ1) is 8.63. The fraction of sp³-hybridized carbons (Fsp3) is 0.286. The van der Waals surface area contributed by atoms with Crippen LogP contribution in [0.15, 0.2) is 40.9 Å². The summed E-state index contributed by atoms with van der Waals surface area (Å²) in [4.78, 5) is 23.1.